The lowest BCUT2D eigenvalue weighted by molar-refractivity contribution is 0.531. The molecule has 1 aromatic heterocycles. The fourth-order valence-electron chi connectivity index (χ4n) is 2.96. The lowest BCUT2D eigenvalue weighted by atomic mass is 9.99. The minimum Gasteiger partial charge on any atom is -0.384 e. The lowest BCUT2D eigenvalue weighted by Crippen LogP contribution is -2.39. The molecule has 164 valence electrons. The number of pyridine rings is 1. The van der Waals surface area contributed by atoms with E-state index in [1.165, 1.54) is 24.4 Å². The summed E-state index contributed by atoms with van der Waals surface area (Å²) in [6.45, 7) is 1.57. The predicted octanol–water partition coefficient (Wildman–Crippen LogP) is -2.28. The van der Waals surface area contributed by atoms with Gasteiger partial charge in [0, 0.05) is 29.9 Å². The zero-order chi connectivity index (χ0) is 22.1. The van der Waals surface area contributed by atoms with Crippen molar-refractivity contribution >= 4 is 25.9 Å². The van der Waals surface area contributed by atoms with Crippen LogP contribution in [0.1, 0.15) is 18.7 Å². The van der Waals surface area contributed by atoms with E-state index in [1.54, 1.807) is 13.0 Å². The molecule has 2 heterocycles. The van der Waals surface area contributed by atoms with E-state index in [2.05, 4.69) is 31.6 Å². The van der Waals surface area contributed by atoms with Crippen LogP contribution in [0.3, 0.4) is 0 Å². The Morgan fingerprint density at radius 1 is 1.13 bits per heavy atom. The zero-order valence-corrected chi connectivity index (χ0v) is 17.5. The molecule has 0 bridgehead atoms. The van der Waals surface area contributed by atoms with Gasteiger partial charge < -0.3 is 11.5 Å². The van der Waals surface area contributed by atoms with Crippen LogP contribution in [0.15, 0.2) is 40.3 Å². The first kappa shape index (κ1) is 22.5. The van der Waals surface area contributed by atoms with E-state index in [9.17, 15) is 16.8 Å². The van der Waals surface area contributed by atoms with Gasteiger partial charge in [0.15, 0.2) is 0 Å². The molecule has 30 heavy (non-hydrogen) atoms. The first-order valence-corrected chi connectivity index (χ1v) is 11.7. The quantitative estimate of drug-likeness (QED) is 0.221. The molecule has 1 fully saturated rings. The summed E-state index contributed by atoms with van der Waals surface area (Å²) in [4.78, 5) is 2.95. The SMILES string of the molecule is C[C@@H](CN)NS(=O)(=O)c1ccc(-c2ccc(N)nc2)c(C2NNNN2)c1S(N)(=O)=O. The Morgan fingerprint density at radius 2 is 1.80 bits per heavy atom. The van der Waals surface area contributed by atoms with Crippen molar-refractivity contribution in [1.29, 1.82) is 0 Å². The molecule has 1 aromatic carbocycles. The van der Waals surface area contributed by atoms with E-state index in [-0.39, 0.29) is 17.9 Å². The number of hydrogen-bond donors (Lipinski definition) is 8. The largest absolute Gasteiger partial charge is 0.384 e. The molecule has 1 aliphatic heterocycles. The van der Waals surface area contributed by atoms with Crippen LogP contribution in [0.4, 0.5) is 5.82 Å². The Hall–Kier alpha value is -2.21. The molecule has 1 atom stereocenters. The summed E-state index contributed by atoms with van der Waals surface area (Å²) in [5.74, 6) is 0.270. The molecule has 0 spiro atoms. The number of rotatable bonds is 7. The van der Waals surface area contributed by atoms with Gasteiger partial charge in [0.1, 0.15) is 21.8 Å². The van der Waals surface area contributed by atoms with Gasteiger partial charge in [-0.05, 0) is 30.7 Å². The molecule has 0 radical (unpaired) electrons. The van der Waals surface area contributed by atoms with Crippen LogP contribution in [-0.4, -0.2) is 34.4 Å². The normalized spacial score (nSPS) is 16.6. The fourth-order valence-corrected chi connectivity index (χ4v) is 5.88. The number of sulfonamides is 2. The van der Waals surface area contributed by atoms with Crippen molar-refractivity contribution in [3.8, 4) is 11.1 Å². The molecule has 2 aromatic rings. The van der Waals surface area contributed by atoms with Gasteiger partial charge in [-0.3, -0.25) is 0 Å². The Morgan fingerprint density at radius 3 is 2.33 bits per heavy atom. The van der Waals surface area contributed by atoms with Gasteiger partial charge in [-0.1, -0.05) is 6.07 Å². The van der Waals surface area contributed by atoms with Crippen molar-refractivity contribution in [1.82, 2.24) is 31.6 Å². The second-order valence-electron chi connectivity index (χ2n) is 6.60. The number of hydrogen-bond acceptors (Lipinski definition) is 11. The number of nitrogens with one attached hydrogen (secondary N) is 5. The second-order valence-corrected chi connectivity index (χ2v) is 9.78. The molecule has 3 rings (SSSR count). The Bertz CT molecular complexity index is 1130. The first-order valence-electron chi connectivity index (χ1n) is 8.69. The molecule has 15 heteroatoms. The van der Waals surface area contributed by atoms with E-state index in [4.69, 9.17) is 16.6 Å². The molecule has 13 nitrogen and oxygen atoms in total. The standard InChI is InChI=1S/C15H23N9O4S2/c1-8(6-16)22-30(27,28)11-4-3-10(9-2-5-12(17)19-7-9)13(14(11)29(18,25)26)15-20-23-24-21-15/h2-5,7-8,15,20-24H,6,16H2,1H3,(H2,17,19)(H2,18,25,26)/t8-/m0/s1. The predicted molar refractivity (Wildman–Crippen MR) is 110 cm³/mol. The third-order valence-electron chi connectivity index (χ3n) is 4.33. The molecule has 1 aliphatic rings. The molecule has 0 unspecified atom stereocenters. The number of benzene rings is 1. The molecule has 0 aliphatic carbocycles. The Kier molecular flexibility index (Phi) is 6.37. The van der Waals surface area contributed by atoms with Crippen LogP contribution in [0.25, 0.3) is 11.1 Å². The molecule has 0 amide bonds. The summed E-state index contributed by atoms with van der Waals surface area (Å²) >= 11 is 0. The van der Waals surface area contributed by atoms with Crippen molar-refractivity contribution in [2.45, 2.75) is 28.9 Å². The van der Waals surface area contributed by atoms with E-state index in [0.29, 0.717) is 11.1 Å². The Balaban J connectivity index is 2.33. The highest BCUT2D eigenvalue weighted by Gasteiger charge is 2.34. The lowest BCUT2D eigenvalue weighted by Gasteiger charge is -2.22. The summed E-state index contributed by atoms with van der Waals surface area (Å²) in [5, 5.41) is 5.48. The van der Waals surface area contributed by atoms with Crippen molar-refractivity contribution < 1.29 is 16.8 Å². The summed E-state index contributed by atoms with van der Waals surface area (Å²) in [6.07, 6.45) is 0.591. The number of nitrogens with zero attached hydrogens (tertiary/aromatic N) is 1. The van der Waals surface area contributed by atoms with Gasteiger partial charge in [-0.2, -0.15) is 11.1 Å². The minimum absolute atomic E-state index is 0.0194. The monoisotopic (exact) mass is 457 g/mol. The molecule has 0 saturated carbocycles. The van der Waals surface area contributed by atoms with Crippen molar-refractivity contribution in [3.63, 3.8) is 0 Å². The number of nitrogen functional groups attached to an aromatic ring is 1. The van der Waals surface area contributed by atoms with Crippen LogP contribution in [-0.2, 0) is 20.0 Å². The maximum absolute atomic E-state index is 12.9. The molecular formula is C15H23N9O4S2. The number of aromatic nitrogens is 1. The number of hydrazine groups is 3. The van der Waals surface area contributed by atoms with Crippen LogP contribution < -0.4 is 43.2 Å². The third kappa shape index (κ3) is 4.59. The van der Waals surface area contributed by atoms with Gasteiger partial charge >= 0.3 is 0 Å². The highest BCUT2D eigenvalue weighted by molar-refractivity contribution is 7.92. The van der Waals surface area contributed by atoms with Gasteiger partial charge in [0.05, 0.1) is 0 Å². The van der Waals surface area contributed by atoms with Crippen LogP contribution in [0, 0.1) is 0 Å². The van der Waals surface area contributed by atoms with Gasteiger partial charge in [-0.25, -0.2) is 42.5 Å². The number of anilines is 1. The van der Waals surface area contributed by atoms with Crippen molar-refractivity contribution in [2.75, 3.05) is 12.3 Å². The fraction of sp³-hybridized carbons (Fsp3) is 0.267. The van der Waals surface area contributed by atoms with Gasteiger partial charge in [-0.15, -0.1) is 0 Å². The first-order chi connectivity index (χ1) is 14.0. The number of nitrogens with two attached hydrogens (primary N) is 3. The molecule has 11 N–H and O–H groups in total. The average Bonchev–Trinajstić information content (AvgIpc) is 3.21. The van der Waals surface area contributed by atoms with Gasteiger partial charge in [0.2, 0.25) is 20.0 Å². The zero-order valence-electron chi connectivity index (χ0n) is 15.9. The van der Waals surface area contributed by atoms with E-state index in [0.717, 1.165) is 0 Å². The van der Waals surface area contributed by atoms with E-state index in [1.807, 2.05) is 0 Å². The van der Waals surface area contributed by atoms with Gasteiger partial charge in [0.25, 0.3) is 0 Å². The second kappa shape index (κ2) is 8.50. The van der Waals surface area contributed by atoms with Crippen molar-refractivity contribution in [3.05, 3.63) is 36.0 Å². The highest BCUT2D eigenvalue weighted by Crippen LogP contribution is 2.36. The van der Waals surface area contributed by atoms with E-state index < -0.39 is 42.0 Å². The maximum Gasteiger partial charge on any atom is 0.242 e. The van der Waals surface area contributed by atoms with Crippen LogP contribution in [0.2, 0.25) is 0 Å². The third-order valence-corrected chi connectivity index (χ3v) is 7.10. The topological polar surface area (TPSA) is 219 Å². The Labute approximate surface area is 173 Å². The maximum atomic E-state index is 12.9. The molecule has 1 saturated heterocycles. The smallest absolute Gasteiger partial charge is 0.242 e. The summed E-state index contributed by atoms with van der Waals surface area (Å²) < 4.78 is 53.4. The highest BCUT2D eigenvalue weighted by atomic mass is 32.2. The molecular weight excluding hydrogens is 434 g/mol. The van der Waals surface area contributed by atoms with E-state index >= 15 is 0 Å². The average molecular weight is 458 g/mol. The van der Waals surface area contributed by atoms with Crippen molar-refractivity contribution in [2.24, 2.45) is 10.9 Å². The summed E-state index contributed by atoms with van der Waals surface area (Å²) in [7, 11) is -8.76. The summed E-state index contributed by atoms with van der Waals surface area (Å²) in [6, 6.07) is 5.19. The minimum atomic E-state index is -4.50. The van der Waals surface area contributed by atoms with Crippen LogP contribution in [0.5, 0.6) is 0 Å². The van der Waals surface area contributed by atoms with Crippen LogP contribution >= 0.6 is 0 Å². The number of primary sulfonamides is 1. The summed E-state index contributed by atoms with van der Waals surface area (Å²) in [5.41, 5.74) is 22.8.